The van der Waals surface area contributed by atoms with E-state index in [1.165, 1.54) is 28.5 Å². The third kappa shape index (κ3) is 2.51. The smallest absolute Gasteiger partial charge is 0.121 e. The highest BCUT2D eigenvalue weighted by molar-refractivity contribution is 5.94. The van der Waals surface area contributed by atoms with E-state index in [2.05, 4.69) is 54.7 Å². The van der Waals surface area contributed by atoms with Crippen LogP contribution in [-0.2, 0) is 4.74 Å². The van der Waals surface area contributed by atoms with Crippen LogP contribution in [0.1, 0.15) is 31.7 Å². The van der Waals surface area contributed by atoms with Gasteiger partial charge in [0.15, 0.2) is 0 Å². The van der Waals surface area contributed by atoms with Crippen LogP contribution in [0.5, 0.6) is 0 Å². The molecule has 2 aromatic rings. The number of unbranched alkanes of at least 4 members (excludes halogenated alkanes) is 1. The number of nitrogens with one attached hydrogen (secondary N) is 1. The largest absolute Gasteiger partial charge is 0.496 e. The molecule has 1 aliphatic heterocycles. The highest BCUT2D eigenvalue weighted by Gasteiger charge is 2.18. The zero-order valence-corrected chi connectivity index (χ0v) is 12.0. The molecular formula is C18H21NO. The summed E-state index contributed by atoms with van der Waals surface area (Å²) in [5.74, 6) is 1.12. The van der Waals surface area contributed by atoms with Crippen LogP contribution in [0, 0.1) is 0 Å². The summed E-state index contributed by atoms with van der Waals surface area (Å²) in [7, 11) is 0. The van der Waals surface area contributed by atoms with E-state index < -0.39 is 0 Å². The third-order valence-corrected chi connectivity index (χ3v) is 3.77. The number of hydrogen-bond donors (Lipinski definition) is 1. The van der Waals surface area contributed by atoms with E-state index in [0.29, 0.717) is 0 Å². The first-order valence-electron chi connectivity index (χ1n) is 7.48. The van der Waals surface area contributed by atoms with E-state index in [1.807, 2.05) is 0 Å². The molecule has 0 aliphatic carbocycles. The Labute approximate surface area is 120 Å². The van der Waals surface area contributed by atoms with Crippen LogP contribution in [0.25, 0.3) is 16.5 Å². The maximum Gasteiger partial charge on any atom is 0.121 e. The topological polar surface area (TPSA) is 21.3 Å². The predicted molar refractivity (Wildman–Crippen MR) is 84.3 cm³/mol. The van der Waals surface area contributed by atoms with Crippen LogP contribution < -0.4 is 5.32 Å². The Balaban J connectivity index is 1.98. The lowest BCUT2D eigenvalue weighted by atomic mass is 10.0. The summed E-state index contributed by atoms with van der Waals surface area (Å²) in [6, 6.07) is 15.0. The van der Waals surface area contributed by atoms with Crippen molar-refractivity contribution in [2.45, 2.75) is 26.2 Å². The van der Waals surface area contributed by atoms with Crippen molar-refractivity contribution >= 4 is 16.5 Å². The maximum atomic E-state index is 5.98. The Morgan fingerprint density at radius 3 is 2.85 bits per heavy atom. The van der Waals surface area contributed by atoms with Gasteiger partial charge in [-0.25, -0.2) is 0 Å². The van der Waals surface area contributed by atoms with Gasteiger partial charge in [0, 0.05) is 18.5 Å². The number of fused-ring (bicyclic) bond motifs is 1. The molecule has 2 aromatic carbocycles. The first-order chi connectivity index (χ1) is 9.90. The third-order valence-electron chi connectivity index (χ3n) is 3.77. The minimum absolute atomic E-state index is 0.821. The zero-order chi connectivity index (χ0) is 13.8. The van der Waals surface area contributed by atoms with Crippen molar-refractivity contribution in [1.29, 1.82) is 0 Å². The van der Waals surface area contributed by atoms with Crippen molar-refractivity contribution < 1.29 is 4.74 Å². The molecule has 0 spiro atoms. The number of benzene rings is 2. The van der Waals surface area contributed by atoms with Gasteiger partial charge in [0.1, 0.15) is 5.76 Å². The fourth-order valence-corrected chi connectivity index (χ4v) is 2.70. The minimum atomic E-state index is 0.821. The summed E-state index contributed by atoms with van der Waals surface area (Å²) in [4.78, 5) is 0. The standard InChI is InChI=1S/C18H21NO/c1-2-3-13-20-17-11-12-19-18(17)16-10-6-8-14-7-4-5-9-15(14)16/h4-10,19H,2-3,11-13H2,1H3. The van der Waals surface area contributed by atoms with Gasteiger partial charge in [-0.05, 0) is 17.2 Å². The van der Waals surface area contributed by atoms with Crippen molar-refractivity contribution in [2.75, 3.05) is 13.2 Å². The molecule has 20 heavy (non-hydrogen) atoms. The minimum Gasteiger partial charge on any atom is -0.496 e. The Bertz CT molecular complexity index is 625. The summed E-state index contributed by atoms with van der Waals surface area (Å²) in [5.41, 5.74) is 2.44. The number of hydrogen-bond acceptors (Lipinski definition) is 2. The molecular weight excluding hydrogens is 246 g/mol. The van der Waals surface area contributed by atoms with Gasteiger partial charge < -0.3 is 10.1 Å². The van der Waals surface area contributed by atoms with E-state index in [4.69, 9.17) is 4.74 Å². The van der Waals surface area contributed by atoms with Crippen LogP contribution in [0.4, 0.5) is 0 Å². The van der Waals surface area contributed by atoms with Crippen LogP contribution in [0.2, 0.25) is 0 Å². The normalized spacial score (nSPS) is 14.7. The quantitative estimate of drug-likeness (QED) is 0.815. The Morgan fingerprint density at radius 1 is 1.10 bits per heavy atom. The van der Waals surface area contributed by atoms with E-state index in [0.717, 1.165) is 31.8 Å². The monoisotopic (exact) mass is 267 g/mol. The Hall–Kier alpha value is -1.96. The van der Waals surface area contributed by atoms with Gasteiger partial charge in [-0.3, -0.25) is 0 Å². The Morgan fingerprint density at radius 2 is 1.95 bits per heavy atom. The molecule has 0 amide bonds. The van der Waals surface area contributed by atoms with Crippen molar-refractivity contribution in [1.82, 2.24) is 5.32 Å². The Kier molecular flexibility index (Phi) is 3.91. The number of rotatable bonds is 5. The summed E-state index contributed by atoms with van der Waals surface area (Å²) in [6.07, 6.45) is 3.28. The summed E-state index contributed by atoms with van der Waals surface area (Å²) in [5, 5.41) is 6.06. The molecule has 1 heterocycles. The van der Waals surface area contributed by atoms with E-state index in [9.17, 15) is 0 Å². The van der Waals surface area contributed by atoms with Crippen molar-refractivity contribution in [3.8, 4) is 0 Å². The molecule has 3 rings (SSSR count). The molecule has 0 bridgehead atoms. The molecule has 0 saturated carbocycles. The molecule has 0 unspecified atom stereocenters. The fraction of sp³-hybridized carbons (Fsp3) is 0.333. The van der Waals surface area contributed by atoms with Gasteiger partial charge in [0.05, 0.1) is 12.3 Å². The van der Waals surface area contributed by atoms with Crippen LogP contribution >= 0.6 is 0 Å². The summed E-state index contributed by atoms with van der Waals surface area (Å²) < 4.78 is 5.98. The molecule has 0 fully saturated rings. The van der Waals surface area contributed by atoms with Gasteiger partial charge in [-0.15, -0.1) is 0 Å². The first-order valence-corrected chi connectivity index (χ1v) is 7.48. The highest BCUT2D eigenvalue weighted by Crippen LogP contribution is 2.29. The summed E-state index contributed by atoms with van der Waals surface area (Å²) in [6.45, 7) is 3.98. The average molecular weight is 267 g/mol. The molecule has 0 aromatic heterocycles. The first kappa shape index (κ1) is 13.0. The second-order valence-electron chi connectivity index (χ2n) is 5.20. The van der Waals surface area contributed by atoms with Crippen molar-refractivity contribution in [3.05, 3.63) is 53.8 Å². The van der Waals surface area contributed by atoms with Gasteiger partial charge in [0.25, 0.3) is 0 Å². The number of ether oxygens (including phenoxy) is 1. The van der Waals surface area contributed by atoms with Gasteiger partial charge >= 0.3 is 0 Å². The molecule has 1 N–H and O–H groups in total. The van der Waals surface area contributed by atoms with Crippen LogP contribution in [-0.4, -0.2) is 13.2 Å². The molecule has 104 valence electrons. The van der Waals surface area contributed by atoms with Gasteiger partial charge in [-0.1, -0.05) is 55.8 Å². The predicted octanol–water partition coefficient (Wildman–Crippen LogP) is 4.32. The van der Waals surface area contributed by atoms with Gasteiger partial charge in [0.2, 0.25) is 0 Å². The zero-order valence-electron chi connectivity index (χ0n) is 12.0. The molecule has 2 heteroatoms. The van der Waals surface area contributed by atoms with E-state index in [1.54, 1.807) is 0 Å². The molecule has 0 saturated heterocycles. The molecule has 1 aliphatic rings. The van der Waals surface area contributed by atoms with Crippen molar-refractivity contribution in [2.24, 2.45) is 0 Å². The second kappa shape index (κ2) is 6.00. The maximum absolute atomic E-state index is 5.98. The van der Waals surface area contributed by atoms with Crippen LogP contribution in [0.3, 0.4) is 0 Å². The SMILES string of the molecule is CCCCOC1=C(c2cccc3ccccc23)NCC1. The van der Waals surface area contributed by atoms with Gasteiger partial charge in [-0.2, -0.15) is 0 Å². The lowest BCUT2D eigenvalue weighted by Crippen LogP contribution is -2.07. The lowest BCUT2D eigenvalue weighted by Gasteiger charge is -2.12. The van der Waals surface area contributed by atoms with Crippen molar-refractivity contribution in [3.63, 3.8) is 0 Å². The van der Waals surface area contributed by atoms with Crippen LogP contribution in [0.15, 0.2) is 48.2 Å². The lowest BCUT2D eigenvalue weighted by molar-refractivity contribution is 0.204. The molecule has 0 radical (unpaired) electrons. The average Bonchev–Trinajstić information content (AvgIpc) is 2.95. The summed E-state index contributed by atoms with van der Waals surface area (Å²) >= 11 is 0. The fourth-order valence-electron chi connectivity index (χ4n) is 2.70. The van der Waals surface area contributed by atoms with E-state index in [-0.39, 0.29) is 0 Å². The van der Waals surface area contributed by atoms with E-state index >= 15 is 0 Å². The molecule has 2 nitrogen and oxygen atoms in total. The molecule has 0 atom stereocenters. The highest BCUT2D eigenvalue weighted by atomic mass is 16.5. The second-order valence-corrected chi connectivity index (χ2v) is 5.20.